The molecule has 2 heterocycles. The number of piperazine rings is 1. The monoisotopic (exact) mass is 287 g/mol. The predicted molar refractivity (Wildman–Crippen MR) is 59.7 cm³/mol. The number of rotatable bonds is 3. The lowest BCUT2D eigenvalue weighted by molar-refractivity contribution is -0.134. The Morgan fingerprint density at radius 2 is 1.84 bits per heavy atom. The van der Waals surface area contributed by atoms with Crippen LogP contribution in [0.2, 0.25) is 0 Å². The number of nitrogens with zero attached hydrogens (tertiary/aromatic N) is 1. The Kier molecular flexibility index (Phi) is 3.12. The third-order valence-corrected chi connectivity index (χ3v) is 4.21. The molecule has 0 radical (unpaired) electrons. The Labute approximate surface area is 107 Å². The molecule has 0 unspecified atom stereocenters. The Morgan fingerprint density at radius 3 is 2.32 bits per heavy atom. The van der Waals surface area contributed by atoms with Crippen LogP contribution < -0.4 is 5.32 Å². The maximum Gasteiger partial charge on any atom is 0.352 e. The number of hydrogen-bond acceptors (Lipinski definition) is 5. The number of aromatic nitrogens is 1. The normalized spacial score (nSPS) is 17.3. The summed E-state index contributed by atoms with van der Waals surface area (Å²) in [5.74, 6) is -2.77. The average Bonchev–Trinajstić information content (AvgIpc) is 2.77. The van der Waals surface area contributed by atoms with E-state index >= 15 is 0 Å². The summed E-state index contributed by atoms with van der Waals surface area (Å²) in [6.45, 7) is -0.969. The topological polar surface area (TPSA) is 137 Å². The van der Waals surface area contributed by atoms with Gasteiger partial charge in [0.25, 0.3) is 0 Å². The van der Waals surface area contributed by atoms with Gasteiger partial charge in [-0.15, -0.1) is 0 Å². The first-order valence-electron chi connectivity index (χ1n) is 5.05. The van der Waals surface area contributed by atoms with Gasteiger partial charge >= 0.3 is 5.97 Å². The maximum absolute atomic E-state index is 12.1. The zero-order valence-corrected chi connectivity index (χ0v) is 10.2. The van der Waals surface area contributed by atoms with Crippen molar-refractivity contribution in [3.63, 3.8) is 0 Å². The van der Waals surface area contributed by atoms with Crippen molar-refractivity contribution in [2.45, 2.75) is 4.90 Å². The van der Waals surface area contributed by atoms with Crippen molar-refractivity contribution in [1.82, 2.24) is 14.6 Å². The van der Waals surface area contributed by atoms with Crippen LogP contribution in [0, 0.1) is 0 Å². The fourth-order valence-corrected chi connectivity index (χ4v) is 2.92. The zero-order valence-electron chi connectivity index (χ0n) is 9.41. The highest BCUT2D eigenvalue weighted by Crippen LogP contribution is 2.17. The third-order valence-electron chi connectivity index (χ3n) is 2.44. The van der Waals surface area contributed by atoms with E-state index in [2.05, 4.69) is 4.98 Å². The molecule has 0 bridgehead atoms. The molecule has 0 aromatic carbocycles. The minimum absolute atomic E-state index is 0.300. The number of hydrogen-bond donors (Lipinski definition) is 3. The first kappa shape index (κ1) is 13.2. The first-order valence-corrected chi connectivity index (χ1v) is 6.49. The SMILES string of the molecule is O=C1CN(S(=O)(=O)c2c[nH]c(C(=O)O)c2)CC(=O)N1. The molecule has 2 amide bonds. The number of aromatic carboxylic acids is 1. The first-order chi connectivity index (χ1) is 8.80. The molecule has 0 saturated carbocycles. The number of amides is 2. The Hall–Kier alpha value is -2.20. The van der Waals surface area contributed by atoms with Gasteiger partial charge in [0.05, 0.1) is 13.1 Å². The van der Waals surface area contributed by atoms with E-state index in [9.17, 15) is 22.8 Å². The number of nitrogens with one attached hydrogen (secondary N) is 2. The molecular weight excluding hydrogens is 278 g/mol. The highest BCUT2D eigenvalue weighted by atomic mass is 32.2. The van der Waals surface area contributed by atoms with Crippen LogP contribution in [0.3, 0.4) is 0 Å². The summed E-state index contributed by atoms with van der Waals surface area (Å²) in [6, 6.07) is 0.925. The van der Waals surface area contributed by atoms with Crippen LogP contribution in [0.25, 0.3) is 0 Å². The lowest BCUT2D eigenvalue weighted by atomic mass is 10.4. The minimum atomic E-state index is -4.08. The van der Waals surface area contributed by atoms with E-state index in [0.29, 0.717) is 4.31 Å². The summed E-state index contributed by atoms with van der Waals surface area (Å²) in [4.78, 5) is 34.9. The van der Waals surface area contributed by atoms with Gasteiger partial charge < -0.3 is 10.1 Å². The van der Waals surface area contributed by atoms with Crippen molar-refractivity contribution in [3.8, 4) is 0 Å². The van der Waals surface area contributed by atoms with Crippen molar-refractivity contribution in [2.75, 3.05) is 13.1 Å². The third kappa shape index (κ3) is 2.48. The molecule has 2 rings (SSSR count). The molecule has 0 spiro atoms. The predicted octanol–water partition coefficient (Wildman–Crippen LogP) is -1.64. The molecule has 102 valence electrons. The van der Waals surface area contributed by atoms with E-state index in [4.69, 9.17) is 5.11 Å². The Bertz CT molecular complexity index is 645. The quantitative estimate of drug-likeness (QED) is 0.570. The minimum Gasteiger partial charge on any atom is -0.477 e. The van der Waals surface area contributed by atoms with Crippen molar-refractivity contribution in [1.29, 1.82) is 0 Å². The van der Waals surface area contributed by atoms with Crippen LogP contribution in [0.1, 0.15) is 10.5 Å². The largest absolute Gasteiger partial charge is 0.477 e. The van der Waals surface area contributed by atoms with Crippen molar-refractivity contribution < 1.29 is 27.9 Å². The van der Waals surface area contributed by atoms with Gasteiger partial charge in [0, 0.05) is 6.20 Å². The number of imide groups is 1. The van der Waals surface area contributed by atoms with E-state index in [0.717, 1.165) is 12.3 Å². The van der Waals surface area contributed by atoms with Crippen LogP contribution in [0.5, 0.6) is 0 Å². The van der Waals surface area contributed by atoms with E-state index in [1.54, 1.807) is 0 Å². The highest BCUT2D eigenvalue weighted by molar-refractivity contribution is 7.89. The number of aromatic amines is 1. The van der Waals surface area contributed by atoms with Gasteiger partial charge in [0.15, 0.2) is 0 Å². The van der Waals surface area contributed by atoms with Gasteiger partial charge in [0.1, 0.15) is 10.6 Å². The number of carbonyl (C=O) groups is 3. The van der Waals surface area contributed by atoms with E-state index in [-0.39, 0.29) is 10.6 Å². The Morgan fingerprint density at radius 1 is 1.26 bits per heavy atom. The van der Waals surface area contributed by atoms with Gasteiger partial charge in [-0.25, -0.2) is 13.2 Å². The second kappa shape index (κ2) is 4.48. The molecule has 1 aliphatic heterocycles. The van der Waals surface area contributed by atoms with Crippen LogP contribution in [-0.2, 0) is 19.6 Å². The fourth-order valence-electron chi connectivity index (χ4n) is 1.58. The van der Waals surface area contributed by atoms with Crippen molar-refractivity contribution in [3.05, 3.63) is 18.0 Å². The molecule has 0 aliphatic carbocycles. The Balaban J connectivity index is 2.33. The highest BCUT2D eigenvalue weighted by Gasteiger charge is 2.33. The van der Waals surface area contributed by atoms with Crippen LogP contribution in [0.4, 0.5) is 0 Å². The summed E-state index contributed by atoms with van der Waals surface area (Å²) < 4.78 is 24.9. The molecule has 9 nitrogen and oxygen atoms in total. The van der Waals surface area contributed by atoms with Crippen LogP contribution in [0.15, 0.2) is 17.2 Å². The van der Waals surface area contributed by atoms with E-state index in [1.807, 2.05) is 5.32 Å². The van der Waals surface area contributed by atoms with Gasteiger partial charge in [-0.2, -0.15) is 4.31 Å². The van der Waals surface area contributed by atoms with Crippen molar-refractivity contribution >= 4 is 27.8 Å². The summed E-state index contributed by atoms with van der Waals surface area (Å²) in [6.07, 6.45) is 0.996. The lowest BCUT2D eigenvalue weighted by Crippen LogP contribution is -2.53. The number of carboxylic acids is 1. The van der Waals surface area contributed by atoms with Gasteiger partial charge in [-0.1, -0.05) is 0 Å². The molecule has 10 heteroatoms. The number of carbonyl (C=O) groups excluding carboxylic acids is 2. The second-order valence-electron chi connectivity index (χ2n) is 3.80. The van der Waals surface area contributed by atoms with E-state index in [1.165, 1.54) is 0 Å². The standard InChI is InChI=1S/C9H9N3O6S/c13-7-3-12(4-8(14)11-7)19(17,18)5-1-6(9(15)16)10-2-5/h1-2,10H,3-4H2,(H,15,16)(H,11,13,14). The fraction of sp³-hybridized carbons (Fsp3) is 0.222. The molecule has 1 fully saturated rings. The summed E-state index contributed by atoms with van der Waals surface area (Å²) in [5.41, 5.74) is -0.300. The number of carboxylic acid groups (broad SMARTS) is 1. The number of sulfonamides is 1. The molecule has 1 aromatic heterocycles. The summed E-state index contributed by atoms with van der Waals surface area (Å²) >= 11 is 0. The lowest BCUT2D eigenvalue weighted by Gasteiger charge is -2.24. The molecule has 1 aromatic rings. The summed E-state index contributed by atoms with van der Waals surface area (Å²) in [7, 11) is -4.08. The van der Waals surface area contributed by atoms with Gasteiger partial charge in [-0.3, -0.25) is 14.9 Å². The van der Waals surface area contributed by atoms with Crippen molar-refractivity contribution in [2.24, 2.45) is 0 Å². The maximum atomic E-state index is 12.1. The zero-order chi connectivity index (χ0) is 14.2. The van der Waals surface area contributed by atoms with Crippen LogP contribution in [-0.4, -0.2) is 53.7 Å². The molecule has 1 aliphatic rings. The van der Waals surface area contributed by atoms with Gasteiger partial charge in [0.2, 0.25) is 21.8 Å². The van der Waals surface area contributed by atoms with Gasteiger partial charge in [-0.05, 0) is 6.07 Å². The second-order valence-corrected chi connectivity index (χ2v) is 5.74. The average molecular weight is 287 g/mol. The molecule has 19 heavy (non-hydrogen) atoms. The van der Waals surface area contributed by atoms with Crippen LogP contribution >= 0.6 is 0 Å². The number of H-pyrrole nitrogens is 1. The molecular formula is C9H9N3O6S. The molecule has 0 atom stereocenters. The van der Waals surface area contributed by atoms with E-state index < -0.39 is 40.9 Å². The molecule has 1 saturated heterocycles. The molecule has 3 N–H and O–H groups in total. The summed E-state index contributed by atoms with van der Waals surface area (Å²) in [5, 5.41) is 10.7. The smallest absolute Gasteiger partial charge is 0.352 e.